The first-order valence-corrected chi connectivity index (χ1v) is 6.27. The van der Waals surface area contributed by atoms with Crippen molar-refractivity contribution in [2.75, 3.05) is 17.7 Å². The molecule has 1 saturated heterocycles. The molecule has 1 unspecified atom stereocenters. The lowest BCUT2D eigenvalue weighted by Crippen LogP contribution is -2.47. The zero-order valence-electron chi connectivity index (χ0n) is 11.0. The van der Waals surface area contributed by atoms with Gasteiger partial charge in [0.25, 0.3) is 0 Å². The molecule has 1 fully saturated rings. The van der Waals surface area contributed by atoms with Gasteiger partial charge < -0.3 is 10.6 Å². The van der Waals surface area contributed by atoms with E-state index >= 15 is 0 Å². The van der Waals surface area contributed by atoms with Crippen molar-refractivity contribution < 1.29 is 9.59 Å². The molecule has 0 radical (unpaired) electrons. The molecule has 2 amide bonds. The first-order chi connectivity index (χ1) is 9.15. The first-order valence-electron chi connectivity index (χ1n) is 6.27. The zero-order chi connectivity index (χ0) is 13.8. The summed E-state index contributed by atoms with van der Waals surface area (Å²) in [6, 6.07) is -0.428. The van der Waals surface area contributed by atoms with Gasteiger partial charge in [-0.3, -0.25) is 14.9 Å². The molecule has 0 aromatic carbocycles. The van der Waals surface area contributed by atoms with Gasteiger partial charge in [0.2, 0.25) is 11.8 Å². The predicted octanol–water partition coefficient (Wildman–Crippen LogP) is 0.298. The van der Waals surface area contributed by atoms with Crippen molar-refractivity contribution in [2.24, 2.45) is 0 Å². The van der Waals surface area contributed by atoms with Gasteiger partial charge in [0.15, 0.2) is 0 Å². The monoisotopic (exact) mass is 263 g/mol. The Hall–Kier alpha value is -2.18. The fraction of sp³-hybridized carbons (Fsp3) is 0.500. The molecular formula is C12H17N5O2. The summed E-state index contributed by atoms with van der Waals surface area (Å²) in [4.78, 5) is 31.1. The summed E-state index contributed by atoms with van der Waals surface area (Å²) in [5, 5.41) is 8.40. The molecule has 19 heavy (non-hydrogen) atoms. The fourth-order valence-electron chi connectivity index (χ4n) is 2.08. The molecule has 1 aromatic rings. The molecule has 2 rings (SSSR count). The van der Waals surface area contributed by atoms with Gasteiger partial charge in [-0.2, -0.15) is 0 Å². The Morgan fingerprint density at radius 1 is 1.37 bits per heavy atom. The molecule has 1 aliphatic heterocycles. The topological polar surface area (TPSA) is 96.0 Å². The van der Waals surface area contributed by atoms with E-state index in [-0.39, 0.29) is 11.8 Å². The van der Waals surface area contributed by atoms with Gasteiger partial charge in [0.1, 0.15) is 24.0 Å². The van der Waals surface area contributed by atoms with E-state index in [1.54, 1.807) is 7.05 Å². The van der Waals surface area contributed by atoms with Crippen LogP contribution in [0.15, 0.2) is 6.33 Å². The van der Waals surface area contributed by atoms with Crippen LogP contribution >= 0.6 is 0 Å². The van der Waals surface area contributed by atoms with E-state index in [2.05, 4.69) is 25.9 Å². The second-order valence-electron chi connectivity index (χ2n) is 4.30. The van der Waals surface area contributed by atoms with Crippen molar-refractivity contribution in [3.05, 3.63) is 11.9 Å². The van der Waals surface area contributed by atoms with E-state index in [1.165, 1.54) is 6.33 Å². The van der Waals surface area contributed by atoms with Crippen molar-refractivity contribution in [3.63, 3.8) is 0 Å². The smallest absolute Gasteiger partial charge is 0.249 e. The van der Waals surface area contributed by atoms with Gasteiger partial charge in [-0.05, 0) is 12.8 Å². The molecule has 3 N–H and O–H groups in total. The van der Waals surface area contributed by atoms with Gasteiger partial charge in [0, 0.05) is 19.0 Å². The average molecular weight is 263 g/mol. The number of hydrogen-bond donors (Lipinski definition) is 3. The van der Waals surface area contributed by atoms with Crippen molar-refractivity contribution in [2.45, 2.75) is 32.2 Å². The lowest BCUT2D eigenvalue weighted by atomic mass is 10.1. The average Bonchev–Trinajstić information content (AvgIpc) is 2.41. The minimum absolute atomic E-state index is 0.225. The van der Waals surface area contributed by atoms with Crippen LogP contribution in [0.4, 0.5) is 11.6 Å². The molecule has 1 atom stereocenters. The number of nitrogens with zero attached hydrogens (tertiary/aromatic N) is 2. The maximum atomic E-state index is 11.7. The first kappa shape index (κ1) is 13.3. The number of piperidine rings is 1. The van der Waals surface area contributed by atoms with E-state index in [4.69, 9.17) is 0 Å². The second-order valence-corrected chi connectivity index (χ2v) is 4.30. The number of nitrogens with one attached hydrogen (secondary N) is 3. The van der Waals surface area contributed by atoms with Crippen LogP contribution in [-0.2, 0) is 16.0 Å². The maximum absolute atomic E-state index is 11.7. The van der Waals surface area contributed by atoms with Gasteiger partial charge >= 0.3 is 0 Å². The summed E-state index contributed by atoms with van der Waals surface area (Å²) >= 11 is 0. The number of rotatable bonds is 4. The van der Waals surface area contributed by atoms with Crippen LogP contribution in [0.5, 0.6) is 0 Å². The summed E-state index contributed by atoms with van der Waals surface area (Å²) < 4.78 is 0. The number of carbonyl (C=O) groups is 2. The van der Waals surface area contributed by atoms with Crippen LogP contribution in [-0.4, -0.2) is 34.9 Å². The third-order valence-corrected chi connectivity index (χ3v) is 3.09. The molecule has 7 nitrogen and oxygen atoms in total. The summed E-state index contributed by atoms with van der Waals surface area (Å²) in [7, 11) is 1.79. The number of carbonyl (C=O) groups excluding carboxylic acids is 2. The summed E-state index contributed by atoms with van der Waals surface area (Å²) in [6.07, 6.45) is 3.01. The Balaban J connectivity index is 2.19. The van der Waals surface area contributed by atoms with E-state index in [0.717, 1.165) is 17.8 Å². The highest BCUT2D eigenvalue weighted by molar-refractivity contribution is 6.01. The standard InChI is InChI=1S/C12H17N5O2/c1-3-7-10(13-2)14-6-15-11(7)16-8-4-5-9(18)17-12(8)19/h6,8H,3-5H2,1-2H3,(H,17,18,19)(H2,13,14,15,16). The maximum Gasteiger partial charge on any atom is 0.249 e. The Morgan fingerprint density at radius 3 is 2.74 bits per heavy atom. The Bertz CT molecular complexity index is 503. The molecule has 1 aromatic heterocycles. The number of aromatic nitrogens is 2. The highest BCUT2D eigenvalue weighted by Gasteiger charge is 2.27. The van der Waals surface area contributed by atoms with E-state index in [9.17, 15) is 9.59 Å². The number of hydrogen-bond acceptors (Lipinski definition) is 6. The third-order valence-electron chi connectivity index (χ3n) is 3.09. The molecule has 7 heteroatoms. The molecule has 0 saturated carbocycles. The van der Waals surface area contributed by atoms with Crippen LogP contribution in [0.3, 0.4) is 0 Å². The number of anilines is 2. The highest BCUT2D eigenvalue weighted by atomic mass is 16.2. The Morgan fingerprint density at radius 2 is 2.11 bits per heavy atom. The van der Waals surface area contributed by atoms with E-state index in [1.807, 2.05) is 6.92 Å². The van der Waals surface area contributed by atoms with E-state index < -0.39 is 6.04 Å². The number of imide groups is 1. The summed E-state index contributed by atoms with van der Waals surface area (Å²) in [5.74, 6) is 0.851. The zero-order valence-corrected chi connectivity index (χ0v) is 11.0. The minimum Gasteiger partial charge on any atom is -0.373 e. The van der Waals surface area contributed by atoms with Crippen molar-refractivity contribution in [3.8, 4) is 0 Å². The SMILES string of the molecule is CCc1c(NC)ncnc1NC1CCC(=O)NC1=O. The molecule has 0 spiro atoms. The van der Waals surface area contributed by atoms with Crippen LogP contribution in [0.25, 0.3) is 0 Å². The summed E-state index contributed by atoms with van der Waals surface area (Å²) in [5.41, 5.74) is 0.926. The van der Waals surface area contributed by atoms with Crippen molar-refractivity contribution >= 4 is 23.5 Å². The lowest BCUT2D eigenvalue weighted by molar-refractivity contribution is -0.133. The third kappa shape index (κ3) is 2.81. The normalized spacial score (nSPS) is 18.9. The number of amides is 2. The molecule has 2 heterocycles. The van der Waals surface area contributed by atoms with E-state index in [0.29, 0.717) is 18.7 Å². The lowest BCUT2D eigenvalue weighted by Gasteiger charge is -2.23. The molecule has 102 valence electrons. The fourth-order valence-corrected chi connectivity index (χ4v) is 2.08. The van der Waals surface area contributed by atoms with Crippen LogP contribution < -0.4 is 16.0 Å². The van der Waals surface area contributed by atoms with Gasteiger partial charge in [-0.25, -0.2) is 9.97 Å². The van der Waals surface area contributed by atoms with Gasteiger partial charge in [0.05, 0.1) is 0 Å². The Labute approximate surface area is 111 Å². The molecular weight excluding hydrogens is 246 g/mol. The van der Waals surface area contributed by atoms with Crippen molar-refractivity contribution in [1.29, 1.82) is 0 Å². The van der Waals surface area contributed by atoms with Crippen LogP contribution in [0, 0.1) is 0 Å². The molecule has 1 aliphatic rings. The van der Waals surface area contributed by atoms with Crippen molar-refractivity contribution in [1.82, 2.24) is 15.3 Å². The van der Waals surface area contributed by atoms with Crippen LogP contribution in [0.1, 0.15) is 25.3 Å². The quantitative estimate of drug-likeness (QED) is 0.676. The largest absolute Gasteiger partial charge is 0.373 e. The highest BCUT2D eigenvalue weighted by Crippen LogP contribution is 2.21. The van der Waals surface area contributed by atoms with Crippen LogP contribution in [0.2, 0.25) is 0 Å². The predicted molar refractivity (Wildman–Crippen MR) is 70.8 cm³/mol. The Kier molecular flexibility index (Phi) is 3.94. The second kappa shape index (κ2) is 5.64. The molecule has 0 bridgehead atoms. The molecule has 0 aliphatic carbocycles. The minimum atomic E-state index is -0.428. The van der Waals surface area contributed by atoms with Gasteiger partial charge in [-0.1, -0.05) is 6.92 Å². The van der Waals surface area contributed by atoms with Gasteiger partial charge in [-0.15, -0.1) is 0 Å². The summed E-state index contributed by atoms with van der Waals surface area (Å²) in [6.45, 7) is 2.00.